The maximum Gasteiger partial charge on any atom is 0.133 e. The molecule has 0 amide bonds. The van der Waals surface area contributed by atoms with Crippen LogP contribution in [0.3, 0.4) is 0 Å². The smallest absolute Gasteiger partial charge is 0.133 e. The van der Waals surface area contributed by atoms with Crippen molar-refractivity contribution in [3.8, 4) is 0 Å². The third-order valence-electron chi connectivity index (χ3n) is 1.75. The van der Waals surface area contributed by atoms with E-state index < -0.39 is 0 Å². The summed E-state index contributed by atoms with van der Waals surface area (Å²) in [6.45, 7) is 2.00. The van der Waals surface area contributed by atoms with Gasteiger partial charge in [0, 0.05) is 12.8 Å². The van der Waals surface area contributed by atoms with Gasteiger partial charge in [-0.15, -0.1) is 0 Å². The van der Waals surface area contributed by atoms with Crippen molar-refractivity contribution in [2.45, 2.75) is 26.2 Å². The van der Waals surface area contributed by atoms with Crippen LogP contribution in [0.2, 0.25) is 0 Å². The molecule has 0 saturated heterocycles. The fourth-order valence-electron chi connectivity index (χ4n) is 1.28. The van der Waals surface area contributed by atoms with Gasteiger partial charge in [-0.2, -0.15) is 0 Å². The van der Waals surface area contributed by atoms with Gasteiger partial charge in [-0.3, -0.25) is 4.79 Å². The van der Waals surface area contributed by atoms with E-state index in [2.05, 4.69) is 6.08 Å². The second kappa shape index (κ2) is 2.81. The van der Waals surface area contributed by atoms with Crippen LogP contribution in [0.5, 0.6) is 0 Å². The maximum absolute atomic E-state index is 10.7. The van der Waals surface area contributed by atoms with Gasteiger partial charge in [0.25, 0.3) is 0 Å². The molecule has 0 heterocycles. The third kappa shape index (κ3) is 1.67. The van der Waals surface area contributed by atoms with E-state index >= 15 is 0 Å². The quantitative estimate of drug-likeness (QED) is 0.488. The van der Waals surface area contributed by atoms with Gasteiger partial charge >= 0.3 is 0 Å². The Morgan fingerprint density at radius 3 is 2.89 bits per heavy atom. The van der Waals surface area contributed by atoms with E-state index in [0.29, 0.717) is 11.7 Å². The molecule has 0 radical (unpaired) electrons. The van der Waals surface area contributed by atoms with Crippen molar-refractivity contribution in [1.82, 2.24) is 0 Å². The molecule has 50 valence electrons. The Hall–Kier alpha value is -0.590. The van der Waals surface area contributed by atoms with Crippen LogP contribution in [-0.4, -0.2) is 5.78 Å². The van der Waals surface area contributed by atoms with Gasteiger partial charge in [0.2, 0.25) is 0 Å². The van der Waals surface area contributed by atoms with Crippen LogP contribution in [0.1, 0.15) is 26.2 Å². The largest absolute Gasteiger partial charge is 0.300 e. The lowest BCUT2D eigenvalue weighted by molar-refractivity contribution is -0.117. The zero-order valence-electron chi connectivity index (χ0n) is 5.76. The Morgan fingerprint density at radius 1 is 1.67 bits per heavy atom. The Balaban J connectivity index is 2.39. The highest BCUT2D eigenvalue weighted by atomic mass is 16.1. The average molecular weight is 124 g/mol. The zero-order valence-corrected chi connectivity index (χ0v) is 5.76. The Labute approximate surface area is 55.8 Å². The fourth-order valence-corrected chi connectivity index (χ4v) is 1.28. The average Bonchev–Trinajstić information content (AvgIpc) is 2.17. The van der Waals surface area contributed by atoms with Crippen molar-refractivity contribution < 1.29 is 4.79 Å². The number of carbonyl (C=O) groups excluding carboxylic acids is 1. The summed E-state index contributed by atoms with van der Waals surface area (Å²) < 4.78 is 0. The summed E-state index contributed by atoms with van der Waals surface area (Å²) in [5.74, 6) is 0.987. The van der Waals surface area contributed by atoms with E-state index in [0.717, 1.165) is 19.3 Å². The molecular formula is C8H12O. The minimum Gasteiger partial charge on any atom is -0.300 e. The minimum absolute atomic E-state index is 0.429. The first-order chi connectivity index (χ1) is 4.33. The van der Waals surface area contributed by atoms with Gasteiger partial charge in [-0.1, -0.05) is 12.2 Å². The summed E-state index contributed by atoms with van der Waals surface area (Å²) in [5, 5.41) is 0. The van der Waals surface area contributed by atoms with Gasteiger partial charge in [0.1, 0.15) is 5.78 Å². The third-order valence-corrected chi connectivity index (χ3v) is 1.75. The van der Waals surface area contributed by atoms with Gasteiger partial charge < -0.3 is 0 Å². The first-order valence-corrected chi connectivity index (χ1v) is 3.47. The Bertz CT molecular complexity index is 136. The molecule has 1 aliphatic rings. The van der Waals surface area contributed by atoms with Gasteiger partial charge in [0.15, 0.2) is 0 Å². The Kier molecular flexibility index (Phi) is 2.04. The number of hydrogen-bond acceptors (Lipinski definition) is 1. The topological polar surface area (TPSA) is 17.1 Å². The standard InChI is InChI=1S/C8H12O/c1-2-3-7-4-5-8(9)6-7/h2-3,7H,4-6H2,1H3/b3-2+/t7-/m0/s1. The van der Waals surface area contributed by atoms with Crippen LogP contribution in [0.25, 0.3) is 0 Å². The molecule has 0 unspecified atom stereocenters. The first kappa shape index (κ1) is 6.53. The molecule has 0 aromatic rings. The number of hydrogen-bond donors (Lipinski definition) is 0. The molecule has 0 aliphatic heterocycles. The molecule has 1 saturated carbocycles. The summed E-state index contributed by atoms with van der Waals surface area (Å²) in [6.07, 6.45) is 6.82. The van der Waals surface area contributed by atoms with E-state index in [9.17, 15) is 4.79 Å². The van der Waals surface area contributed by atoms with Crippen molar-refractivity contribution >= 4 is 5.78 Å². The minimum atomic E-state index is 0.429. The van der Waals surface area contributed by atoms with Crippen LogP contribution >= 0.6 is 0 Å². The molecule has 1 aliphatic carbocycles. The van der Waals surface area contributed by atoms with Crippen molar-refractivity contribution in [2.75, 3.05) is 0 Å². The molecule has 0 bridgehead atoms. The Morgan fingerprint density at radius 2 is 2.44 bits per heavy atom. The number of allylic oxidation sites excluding steroid dienone is 2. The lowest BCUT2D eigenvalue weighted by Gasteiger charge is -1.95. The van der Waals surface area contributed by atoms with E-state index in [1.807, 2.05) is 13.0 Å². The zero-order chi connectivity index (χ0) is 6.69. The molecule has 1 rings (SSSR count). The summed E-state index contributed by atoms with van der Waals surface area (Å²) in [6, 6.07) is 0. The van der Waals surface area contributed by atoms with E-state index in [4.69, 9.17) is 0 Å². The second-order valence-corrected chi connectivity index (χ2v) is 2.57. The van der Waals surface area contributed by atoms with E-state index in [-0.39, 0.29) is 0 Å². The molecule has 0 aromatic heterocycles. The van der Waals surface area contributed by atoms with Crippen LogP contribution < -0.4 is 0 Å². The fraction of sp³-hybridized carbons (Fsp3) is 0.625. The molecule has 1 heteroatoms. The number of ketones is 1. The van der Waals surface area contributed by atoms with Crippen LogP contribution in [0.4, 0.5) is 0 Å². The summed E-state index contributed by atoms with van der Waals surface area (Å²) in [4.78, 5) is 10.7. The lowest BCUT2D eigenvalue weighted by atomic mass is 10.1. The van der Waals surface area contributed by atoms with Gasteiger partial charge in [-0.05, 0) is 19.3 Å². The summed E-state index contributed by atoms with van der Waals surface area (Å²) >= 11 is 0. The maximum atomic E-state index is 10.7. The molecule has 9 heavy (non-hydrogen) atoms. The van der Waals surface area contributed by atoms with Gasteiger partial charge in [0.05, 0.1) is 0 Å². The van der Waals surface area contributed by atoms with Crippen LogP contribution in [-0.2, 0) is 4.79 Å². The van der Waals surface area contributed by atoms with Crippen LogP contribution in [0, 0.1) is 5.92 Å². The SMILES string of the molecule is C/C=C/[C@H]1CCC(=O)C1. The van der Waals surface area contributed by atoms with Crippen molar-refractivity contribution in [3.05, 3.63) is 12.2 Å². The summed E-state index contributed by atoms with van der Waals surface area (Å²) in [7, 11) is 0. The highest BCUT2D eigenvalue weighted by molar-refractivity contribution is 5.80. The van der Waals surface area contributed by atoms with Crippen molar-refractivity contribution in [2.24, 2.45) is 5.92 Å². The van der Waals surface area contributed by atoms with E-state index in [1.54, 1.807) is 0 Å². The monoisotopic (exact) mass is 124 g/mol. The number of carbonyl (C=O) groups is 1. The molecule has 1 fully saturated rings. The highest BCUT2D eigenvalue weighted by Gasteiger charge is 2.18. The molecular weight excluding hydrogens is 112 g/mol. The van der Waals surface area contributed by atoms with Crippen molar-refractivity contribution in [3.63, 3.8) is 0 Å². The highest BCUT2D eigenvalue weighted by Crippen LogP contribution is 2.22. The molecule has 0 spiro atoms. The molecule has 1 atom stereocenters. The van der Waals surface area contributed by atoms with E-state index in [1.165, 1.54) is 0 Å². The van der Waals surface area contributed by atoms with Crippen molar-refractivity contribution in [1.29, 1.82) is 0 Å². The predicted molar refractivity (Wildman–Crippen MR) is 37.2 cm³/mol. The van der Waals surface area contributed by atoms with Gasteiger partial charge in [-0.25, -0.2) is 0 Å². The first-order valence-electron chi connectivity index (χ1n) is 3.47. The lowest BCUT2D eigenvalue weighted by Crippen LogP contribution is -1.89. The normalized spacial score (nSPS) is 28.1. The molecule has 1 nitrogen and oxygen atoms in total. The number of Topliss-reactive ketones (excluding diaryl/α,β-unsaturated/α-hetero) is 1. The molecule has 0 N–H and O–H groups in total. The summed E-state index contributed by atoms with van der Waals surface area (Å²) in [5.41, 5.74) is 0. The number of rotatable bonds is 1. The predicted octanol–water partition coefficient (Wildman–Crippen LogP) is 1.93. The van der Waals surface area contributed by atoms with Crippen LogP contribution in [0.15, 0.2) is 12.2 Å². The molecule has 0 aromatic carbocycles. The second-order valence-electron chi connectivity index (χ2n) is 2.57.